The summed E-state index contributed by atoms with van der Waals surface area (Å²) >= 11 is 5.82. The lowest BCUT2D eigenvalue weighted by molar-refractivity contribution is -0.120. The van der Waals surface area contributed by atoms with Crippen LogP contribution in [-0.4, -0.2) is 40.9 Å². The molecular weight excluding hydrogens is 283 g/mol. The van der Waals surface area contributed by atoms with Gasteiger partial charge in [-0.3, -0.25) is 0 Å². The molecule has 8 heteroatoms. The number of rotatable bonds is 5. The van der Waals surface area contributed by atoms with Crippen LogP contribution < -0.4 is 4.90 Å². The molecule has 1 aromatic rings. The fourth-order valence-electron chi connectivity index (χ4n) is 1.72. The zero-order valence-corrected chi connectivity index (χ0v) is 10.7. The van der Waals surface area contributed by atoms with E-state index in [9.17, 15) is 13.2 Å². The molecule has 0 aliphatic heterocycles. The highest BCUT2D eigenvalue weighted by atomic mass is 35.5. The summed E-state index contributed by atoms with van der Waals surface area (Å²) in [7, 11) is 0. The second-order valence-electron chi connectivity index (χ2n) is 4.44. The summed E-state index contributed by atoms with van der Waals surface area (Å²) in [6.07, 6.45) is -2.51. The number of hydrogen-bond acceptors (Lipinski definition) is 4. The molecule has 0 amide bonds. The second kappa shape index (κ2) is 5.50. The normalized spacial score (nSPS) is 15.6. The summed E-state index contributed by atoms with van der Waals surface area (Å²) in [5, 5.41) is 8.99. The predicted octanol–water partition coefficient (Wildman–Crippen LogP) is 2.37. The van der Waals surface area contributed by atoms with Crippen molar-refractivity contribution < 1.29 is 18.3 Å². The average Bonchev–Trinajstić information content (AvgIpc) is 3.09. The van der Waals surface area contributed by atoms with Crippen LogP contribution in [0.2, 0.25) is 5.15 Å². The maximum Gasteiger partial charge on any atom is 0.405 e. The van der Waals surface area contributed by atoms with Crippen LogP contribution >= 0.6 is 11.6 Å². The minimum absolute atomic E-state index is 0.105. The van der Waals surface area contributed by atoms with Crippen LogP contribution in [0.4, 0.5) is 19.0 Å². The molecule has 4 nitrogen and oxygen atoms in total. The lowest BCUT2D eigenvalue weighted by atomic mass is 10.3. The largest absolute Gasteiger partial charge is 0.405 e. The minimum Gasteiger partial charge on any atom is -0.395 e. The quantitative estimate of drug-likeness (QED) is 0.847. The first-order chi connectivity index (χ1) is 8.89. The van der Waals surface area contributed by atoms with Crippen molar-refractivity contribution in [3.8, 4) is 0 Å². The summed E-state index contributed by atoms with van der Waals surface area (Å²) in [5.74, 6) is 0.778. The van der Waals surface area contributed by atoms with Crippen molar-refractivity contribution in [2.24, 2.45) is 0 Å². The van der Waals surface area contributed by atoms with Gasteiger partial charge < -0.3 is 10.0 Å². The SMILES string of the molecule is OCCN(CC(F)(F)F)c1cc(Cl)nc(C2CC2)n1. The third-order valence-corrected chi connectivity index (χ3v) is 2.90. The topological polar surface area (TPSA) is 49.2 Å². The molecule has 0 aromatic carbocycles. The van der Waals surface area contributed by atoms with Crippen molar-refractivity contribution in [3.05, 3.63) is 17.0 Å². The summed E-state index contributed by atoms with van der Waals surface area (Å²) in [6.45, 7) is -1.72. The standard InChI is InChI=1S/C11H13ClF3N3O/c12-8-5-9(17-10(16-8)7-1-2-7)18(3-4-19)6-11(13,14)15/h5,7,19H,1-4,6H2. The van der Waals surface area contributed by atoms with E-state index in [1.165, 1.54) is 6.07 Å². The number of hydrogen-bond donors (Lipinski definition) is 1. The van der Waals surface area contributed by atoms with Crippen molar-refractivity contribution in [1.82, 2.24) is 9.97 Å². The van der Waals surface area contributed by atoms with Crippen LogP contribution in [-0.2, 0) is 0 Å². The van der Waals surface area contributed by atoms with Crippen molar-refractivity contribution in [3.63, 3.8) is 0 Å². The van der Waals surface area contributed by atoms with Gasteiger partial charge in [-0.25, -0.2) is 9.97 Å². The number of halogens is 4. The molecule has 1 saturated carbocycles. The molecule has 19 heavy (non-hydrogen) atoms. The van der Waals surface area contributed by atoms with Gasteiger partial charge in [0.05, 0.1) is 6.61 Å². The molecule has 1 aliphatic rings. The Morgan fingerprint density at radius 2 is 2.05 bits per heavy atom. The van der Waals surface area contributed by atoms with Crippen LogP contribution in [0.3, 0.4) is 0 Å². The fourth-order valence-corrected chi connectivity index (χ4v) is 1.90. The van der Waals surface area contributed by atoms with Gasteiger partial charge >= 0.3 is 6.18 Å². The molecule has 0 radical (unpaired) electrons. The third-order valence-electron chi connectivity index (χ3n) is 2.71. The van der Waals surface area contributed by atoms with E-state index in [0.717, 1.165) is 17.7 Å². The zero-order chi connectivity index (χ0) is 14.0. The Labute approximate surface area is 113 Å². The molecule has 1 aromatic heterocycles. The van der Waals surface area contributed by atoms with Crippen LogP contribution in [0.15, 0.2) is 6.07 Å². The maximum atomic E-state index is 12.5. The Morgan fingerprint density at radius 3 is 2.58 bits per heavy atom. The van der Waals surface area contributed by atoms with Gasteiger partial charge in [-0.15, -0.1) is 0 Å². The number of aromatic nitrogens is 2. The minimum atomic E-state index is -4.37. The third kappa shape index (κ3) is 4.21. The lowest BCUT2D eigenvalue weighted by Crippen LogP contribution is -2.37. The van der Waals surface area contributed by atoms with Crippen LogP contribution in [0.5, 0.6) is 0 Å². The van der Waals surface area contributed by atoms with Crippen molar-refractivity contribution in [2.45, 2.75) is 24.9 Å². The second-order valence-corrected chi connectivity index (χ2v) is 4.83. The summed E-state index contributed by atoms with van der Waals surface area (Å²) in [6, 6.07) is 1.29. The fraction of sp³-hybridized carbons (Fsp3) is 0.636. The molecule has 1 heterocycles. The van der Waals surface area contributed by atoms with E-state index in [-0.39, 0.29) is 23.4 Å². The Balaban J connectivity index is 2.24. The summed E-state index contributed by atoms with van der Waals surface area (Å²) in [4.78, 5) is 9.09. The van der Waals surface area contributed by atoms with Gasteiger partial charge in [0.15, 0.2) is 0 Å². The van der Waals surface area contributed by atoms with Crippen molar-refractivity contribution in [2.75, 3.05) is 24.6 Å². The van der Waals surface area contributed by atoms with E-state index in [4.69, 9.17) is 16.7 Å². The lowest BCUT2D eigenvalue weighted by Gasteiger charge is -2.24. The van der Waals surface area contributed by atoms with Gasteiger partial charge in [-0.2, -0.15) is 13.2 Å². The monoisotopic (exact) mass is 295 g/mol. The summed E-state index contributed by atoms with van der Waals surface area (Å²) in [5.41, 5.74) is 0. The molecule has 2 rings (SSSR count). The van der Waals surface area contributed by atoms with Crippen molar-refractivity contribution >= 4 is 17.4 Å². The molecule has 0 bridgehead atoms. The molecule has 1 fully saturated rings. The van der Waals surface area contributed by atoms with Gasteiger partial charge in [0.1, 0.15) is 23.3 Å². The van der Waals surface area contributed by atoms with Crippen LogP contribution in [0.1, 0.15) is 24.6 Å². The van der Waals surface area contributed by atoms with E-state index >= 15 is 0 Å². The maximum absolute atomic E-state index is 12.5. The first-order valence-corrected chi connectivity index (χ1v) is 6.24. The first-order valence-electron chi connectivity index (χ1n) is 5.86. The Kier molecular flexibility index (Phi) is 4.15. The molecule has 106 valence electrons. The highest BCUT2D eigenvalue weighted by Gasteiger charge is 2.32. The first kappa shape index (κ1) is 14.3. The van der Waals surface area contributed by atoms with Crippen LogP contribution in [0, 0.1) is 0 Å². The van der Waals surface area contributed by atoms with Gasteiger partial charge in [-0.1, -0.05) is 11.6 Å². The van der Waals surface area contributed by atoms with Gasteiger partial charge in [0.2, 0.25) is 0 Å². The Morgan fingerprint density at radius 1 is 1.37 bits per heavy atom. The molecule has 0 unspecified atom stereocenters. The Hall–Kier alpha value is -1.08. The predicted molar refractivity (Wildman–Crippen MR) is 64.4 cm³/mol. The van der Waals surface area contributed by atoms with Gasteiger partial charge in [-0.05, 0) is 12.8 Å². The molecule has 0 atom stereocenters. The highest BCUT2D eigenvalue weighted by Crippen LogP contribution is 2.39. The molecule has 0 saturated heterocycles. The van der Waals surface area contributed by atoms with E-state index in [2.05, 4.69) is 9.97 Å². The van der Waals surface area contributed by atoms with Gasteiger partial charge in [0.25, 0.3) is 0 Å². The number of nitrogens with zero attached hydrogens (tertiary/aromatic N) is 3. The van der Waals surface area contributed by atoms with Gasteiger partial charge in [0, 0.05) is 18.5 Å². The highest BCUT2D eigenvalue weighted by molar-refractivity contribution is 6.29. The summed E-state index contributed by atoms with van der Waals surface area (Å²) < 4.78 is 37.5. The average molecular weight is 296 g/mol. The molecule has 0 spiro atoms. The van der Waals surface area contributed by atoms with E-state index in [0.29, 0.717) is 5.82 Å². The Bertz CT molecular complexity index is 451. The van der Waals surface area contributed by atoms with Crippen LogP contribution in [0.25, 0.3) is 0 Å². The number of anilines is 1. The molecule has 1 N–H and O–H groups in total. The zero-order valence-electron chi connectivity index (χ0n) is 9.99. The molecule has 1 aliphatic carbocycles. The van der Waals surface area contributed by atoms with E-state index in [1.807, 2.05) is 0 Å². The van der Waals surface area contributed by atoms with E-state index < -0.39 is 19.3 Å². The number of aliphatic hydroxyl groups excluding tert-OH is 1. The van der Waals surface area contributed by atoms with E-state index in [1.54, 1.807) is 0 Å². The number of alkyl halides is 3. The smallest absolute Gasteiger partial charge is 0.395 e. The number of aliphatic hydroxyl groups is 1. The molecular formula is C11H13ClF3N3O. The van der Waals surface area contributed by atoms with Crippen molar-refractivity contribution in [1.29, 1.82) is 0 Å².